The molecule has 0 radical (unpaired) electrons. The molecule has 1 aromatic carbocycles. The smallest absolute Gasteiger partial charge is 0.252 e. The molecule has 0 bridgehead atoms. The highest BCUT2D eigenvalue weighted by molar-refractivity contribution is 5.99. The third-order valence-corrected chi connectivity index (χ3v) is 3.63. The monoisotopic (exact) mass is 261 g/mol. The van der Waals surface area contributed by atoms with Crippen LogP contribution in [0.5, 0.6) is 0 Å². The van der Waals surface area contributed by atoms with E-state index < -0.39 is 5.54 Å². The number of aryl methyl sites for hydroxylation is 2. The standard InChI is InChI=1S/C16H23NO2/c1-7-14(18)16(5,6)17-15(19)13-8-10(2)12(4)11(3)9-13/h8-9H,7H2,1-6H3,(H,17,19). The van der Waals surface area contributed by atoms with Gasteiger partial charge in [-0.25, -0.2) is 0 Å². The van der Waals surface area contributed by atoms with Crippen LogP contribution in [0.3, 0.4) is 0 Å². The van der Waals surface area contributed by atoms with Crippen LogP contribution in [0.1, 0.15) is 54.2 Å². The van der Waals surface area contributed by atoms with Crippen LogP contribution >= 0.6 is 0 Å². The van der Waals surface area contributed by atoms with Crippen LogP contribution in [0.15, 0.2) is 12.1 Å². The molecule has 0 saturated carbocycles. The number of benzene rings is 1. The van der Waals surface area contributed by atoms with E-state index in [0.29, 0.717) is 12.0 Å². The minimum Gasteiger partial charge on any atom is -0.340 e. The van der Waals surface area contributed by atoms with E-state index in [-0.39, 0.29) is 11.7 Å². The minimum atomic E-state index is -0.821. The third kappa shape index (κ3) is 3.43. The fraction of sp³-hybridized carbons (Fsp3) is 0.500. The predicted octanol–water partition coefficient (Wildman–Crippen LogP) is 3.10. The Kier molecular flexibility index (Phi) is 4.51. The Bertz CT molecular complexity index is 492. The number of rotatable bonds is 4. The number of ketones is 1. The van der Waals surface area contributed by atoms with E-state index in [4.69, 9.17) is 0 Å². The molecule has 104 valence electrons. The zero-order valence-electron chi connectivity index (χ0n) is 12.7. The topological polar surface area (TPSA) is 46.2 Å². The van der Waals surface area contributed by atoms with Gasteiger partial charge in [-0.05, 0) is 63.4 Å². The lowest BCUT2D eigenvalue weighted by Gasteiger charge is -2.24. The SMILES string of the molecule is CCC(=O)C(C)(C)NC(=O)c1cc(C)c(C)c(C)c1. The number of hydrogen-bond donors (Lipinski definition) is 1. The fourth-order valence-corrected chi connectivity index (χ4v) is 2.03. The molecular formula is C16H23NO2. The van der Waals surface area contributed by atoms with Crippen LogP contribution in [0.2, 0.25) is 0 Å². The zero-order valence-corrected chi connectivity index (χ0v) is 12.7. The summed E-state index contributed by atoms with van der Waals surface area (Å²) >= 11 is 0. The van der Waals surface area contributed by atoms with Crippen molar-refractivity contribution in [2.45, 2.75) is 53.5 Å². The highest BCUT2D eigenvalue weighted by Gasteiger charge is 2.28. The van der Waals surface area contributed by atoms with Gasteiger partial charge in [0.15, 0.2) is 5.78 Å². The summed E-state index contributed by atoms with van der Waals surface area (Å²) in [6.07, 6.45) is 0.416. The first kappa shape index (κ1) is 15.4. The largest absolute Gasteiger partial charge is 0.340 e. The Balaban J connectivity index is 3.00. The molecule has 1 N–H and O–H groups in total. The lowest BCUT2D eigenvalue weighted by Crippen LogP contribution is -2.49. The van der Waals surface area contributed by atoms with Crippen LogP contribution in [-0.2, 0) is 4.79 Å². The van der Waals surface area contributed by atoms with Crippen molar-refractivity contribution in [1.82, 2.24) is 5.32 Å². The van der Waals surface area contributed by atoms with Crippen molar-refractivity contribution < 1.29 is 9.59 Å². The normalized spacial score (nSPS) is 11.3. The van der Waals surface area contributed by atoms with Gasteiger partial charge in [0.2, 0.25) is 0 Å². The minimum absolute atomic E-state index is 0.0291. The van der Waals surface area contributed by atoms with E-state index in [9.17, 15) is 9.59 Å². The van der Waals surface area contributed by atoms with Gasteiger partial charge in [0.05, 0.1) is 5.54 Å². The van der Waals surface area contributed by atoms with Gasteiger partial charge < -0.3 is 5.32 Å². The van der Waals surface area contributed by atoms with Crippen molar-refractivity contribution in [2.75, 3.05) is 0 Å². The lowest BCUT2D eigenvalue weighted by atomic mass is 9.95. The van der Waals surface area contributed by atoms with E-state index in [1.165, 1.54) is 5.56 Å². The number of carbonyl (C=O) groups excluding carboxylic acids is 2. The van der Waals surface area contributed by atoms with Gasteiger partial charge in [0.25, 0.3) is 5.91 Å². The van der Waals surface area contributed by atoms with E-state index >= 15 is 0 Å². The zero-order chi connectivity index (χ0) is 14.8. The maximum absolute atomic E-state index is 12.2. The second-order valence-electron chi connectivity index (χ2n) is 5.59. The van der Waals surface area contributed by atoms with Gasteiger partial charge in [0, 0.05) is 12.0 Å². The molecule has 0 aliphatic rings. The molecule has 0 aromatic heterocycles. The van der Waals surface area contributed by atoms with Gasteiger partial charge in [-0.3, -0.25) is 9.59 Å². The van der Waals surface area contributed by atoms with Crippen molar-refractivity contribution in [3.8, 4) is 0 Å². The second kappa shape index (κ2) is 5.55. The average Bonchev–Trinajstić information content (AvgIpc) is 2.33. The second-order valence-corrected chi connectivity index (χ2v) is 5.59. The Morgan fingerprint density at radius 3 is 2.00 bits per heavy atom. The van der Waals surface area contributed by atoms with Gasteiger partial charge in [-0.1, -0.05) is 6.92 Å². The molecule has 3 nitrogen and oxygen atoms in total. The fourth-order valence-electron chi connectivity index (χ4n) is 2.03. The Morgan fingerprint density at radius 1 is 1.11 bits per heavy atom. The van der Waals surface area contributed by atoms with Crippen molar-refractivity contribution >= 4 is 11.7 Å². The molecule has 0 aliphatic heterocycles. The van der Waals surface area contributed by atoms with E-state index in [1.807, 2.05) is 32.9 Å². The Hall–Kier alpha value is -1.64. The first-order valence-electron chi connectivity index (χ1n) is 6.62. The molecule has 1 aromatic rings. The number of carbonyl (C=O) groups is 2. The summed E-state index contributed by atoms with van der Waals surface area (Å²) in [6.45, 7) is 11.3. The molecule has 0 spiro atoms. The number of amides is 1. The molecule has 0 unspecified atom stereocenters. The van der Waals surface area contributed by atoms with Crippen molar-refractivity contribution in [3.05, 3.63) is 34.4 Å². The van der Waals surface area contributed by atoms with Crippen LogP contribution in [0, 0.1) is 20.8 Å². The maximum Gasteiger partial charge on any atom is 0.252 e. The average molecular weight is 261 g/mol. The van der Waals surface area contributed by atoms with Crippen molar-refractivity contribution in [1.29, 1.82) is 0 Å². The summed E-state index contributed by atoms with van der Waals surface area (Å²) in [6, 6.07) is 3.73. The molecule has 19 heavy (non-hydrogen) atoms. The summed E-state index contributed by atoms with van der Waals surface area (Å²) in [7, 11) is 0. The molecule has 0 aliphatic carbocycles. The molecule has 1 amide bonds. The maximum atomic E-state index is 12.2. The van der Waals surface area contributed by atoms with Crippen LogP contribution < -0.4 is 5.32 Å². The van der Waals surface area contributed by atoms with Gasteiger partial charge in [-0.15, -0.1) is 0 Å². The molecule has 3 heteroatoms. The van der Waals surface area contributed by atoms with Gasteiger partial charge in [0.1, 0.15) is 0 Å². The molecular weight excluding hydrogens is 238 g/mol. The number of hydrogen-bond acceptors (Lipinski definition) is 2. The first-order valence-corrected chi connectivity index (χ1v) is 6.62. The van der Waals surface area contributed by atoms with E-state index in [0.717, 1.165) is 11.1 Å². The molecule has 0 heterocycles. The third-order valence-electron chi connectivity index (χ3n) is 3.63. The lowest BCUT2D eigenvalue weighted by molar-refractivity contribution is -0.123. The molecule has 0 fully saturated rings. The number of Topliss-reactive ketones (excluding diaryl/α,β-unsaturated/α-hetero) is 1. The Labute approximate surface area is 115 Å². The van der Waals surface area contributed by atoms with E-state index in [2.05, 4.69) is 5.32 Å². The van der Waals surface area contributed by atoms with Crippen molar-refractivity contribution in [2.24, 2.45) is 0 Å². The summed E-state index contributed by atoms with van der Waals surface area (Å²) < 4.78 is 0. The van der Waals surface area contributed by atoms with E-state index in [1.54, 1.807) is 20.8 Å². The summed E-state index contributed by atoms with van der Waals surface area (Å²) in [5.41, 5.74) is 3.16. The van der Waals surface area contributed by atoms with Gasteiger partial charge in [-0.2, -0.15) is 0 Å². The van der Waals surface area contributed by atoms with Crippen LogP contribution in [-0.4, -0.2) is 17.2 Å². The Morgan fingerprint density at radius 2 is 1.58 bits per heavy atom. The summed E-state index contributed by atoms with van der Waals surface area (Å²) in [4.78, 5) is 24.0. The highest BCUT2D eigenvalue weighted by Crippen LogP contribution is 2.16. The summed E-state index contributed by atoms with van der Waals surface area (Å²) in [5, 5.41) is 2.81. The number of nitrogens with one attached hydrogen (secondary N) is 1. The first-order chi connectivity index (χ1) is 8.69. The molecule has 0 saturated heterocycles. The quantitative estimate of drug-likeness (QED) is 0.905. The highest BCUT2D eigenvalue weighted by atomic mass is 16.2. The van der Waals surface area contributed by atoms with Gasteiger partial charge >= 0.3 is 0 Å². The molecule has 1 rings (SSSR count). The summed E-state index contributed by atoms with van der Waals surface area (Å²) in [5.74, 6) is -0.167. The van der Waals surface area contributed by atoms with Crippen molar-refractivity contribution in [3.63, 3.8) is 0 Å². The van der Waals surface area contributed by atoms with Crippen LogP contribution in [0.25, 0.3) is 0 Å². The molecule has 0 atom stereocenters. The predicted molar refractivity (Wildman–Crippen MR) is 77.5 cm³/mol. The van der Waals surface area contributed by atoms with Crippen LogP contribution in [0.4, 0.5) is 0 Å².